The number of rotatable bonds is 3. The zero-order valence-electron chi connectivity index (χ0n) is 9.23. The molecule has 2 aromatic rings. The number of hydrogen-bond acceptors (Lipinski definition) is 3. The fraction of sp³-hybridized carbons (Fsp3) is 0. The van der Waals surface area contributed by atoms with E-state index in [1.807, 2.05) is 0 Å². The summed E-state index contributed by atoms with van der Waals surface area (Å²) in [5.74, 6) is -4.52. The van der Waals surface area contributed by atoms with Crippen LogP contribution in [0, 0.1) is 17.5 Å². The van der Waals surface area contributed by atoms with Gasteiger partial charge >= 0.3 is 5.97 Å². The third-order valence-corrected chi connectivity index (χ3v) is 3.16. The van der Waals surface area contributed by atoms with Gasteiger partial charge in [0.15, 0.2) is 17.5 Å². The van der Waals surface area contributed by atoms with Gasteiger partial charge in [0.05, 0.1) is 5.56 Å². The molecule has 1 aromatic heterocycles. The van der Waals surface area contributed by atoms with Crippen molar-refractivity contribution < 1.29 is 23.1 Å². The summed E-state index contributed by atoms with van der Waals surface area (Å²) in [6.45, 7) is 0. The molecule has 0 aliphatic rings. The fourth-order valence-corrected chi connectivity index (χ4v) is 2.15. The van der Waals surface area contributed by atoms with Gasteiger partial charge in [-0.15, -0.1) is 0 Å². The van der Waals surface area contributed by atoms with Crippen molar-refractivity contribution in [1.29, 1.82) is 0 Å². The summed E-state index contributed by atoms with van der Waals surface area (Å²) in [5, 5.41) is 8.53. The molecule has 0 spiro atoms. The van der Waals surface area contributed by atoms with Crippen molar-refractivity contribution in [3.63, 3.8) is 0 Å². The maximum Gasteiger partial charge on any atom is 0.338 e. The van der Waals surface area contributed by atoms with E-state index in [0.29, 0.717) is 11.8 Å². The van der Waals surface area contributed by atoms with Gasteiger partial charge in [-0.3, -0.25) is 0 Å². The molecule has 7 heteroatoms. The van der Waals surface area contributed by atoms with Gasteiger partial charge < -0.3 is 5.11 Å². The van der Waals surface area contributed by atoms with Gasteiger partial charge in [0.2, 0.25) is 0 Å². The highest BCUT2D eigenvalue weighted by atomic mass is 32.2. The largest absolute Gasteiger partial charge is 0.478 e. The van der Waals surface area contributed by atoms with E-state index in [9.17, 15) is 18.0 Å². The lowest BCUT2D eigenvalue weighted by Gasteiger charge is -2.04. The first-order valence-corrected chi connectivity index (χ1v) is 5.81. The Labute approximate surface area is 110 Å². The monoisotopic (exact) mass is 285 g/mol. The second kappa shape index (κ2) is 5.31. The van der Waals surface area contributed by atoms with Crippen LogP contribution in [-0.4, -0.2) is 16.1 Å². The summed E-state index contributed by atoms with van der Waals surface area (Å²) in [5.41, 5.74) is -0.528. The van der Waals surface area contributed by atoms with Crippen LogP contribution in [0.2, 0.25) is 0 Å². The van der Waals surface area contributed by atoms with Crippen LogP contribution in [0.25, 0.3) is 0 Å². The van der Waals surface area contributed by atoms with Crippen molar-refractivity contribution in [3.05, 3.63) is 53.5 Å². The van der Waals surface area contributed by atoms with E-state index in [-0.39, 0.29) is 9.92 Å². The Morgan fingerprint density at radius 1 is 1.16 bits per heavy atom. The number of benzene rings is 1. The normalized spacial score (nSPS) is 10.5. The van der Waals surface area contributed by atoms with Gasteiger partial charge in [0.1, 0.15) is 5.03 Å². The third kappa shape index (κ3) is 2.87. The van der Waals surface area contributed by atoms with E-state index in [4.69, 9.17) is 5.11 Å². The Morgan fingerprint density at radius 3 is 2.53 bits per heavy atom. The van der Waals surface area contributed by atoms with Crippen molar-refractivity contribution in [3.8, 4) is 0 Å². The number of halogens is 3. The van der Waals surface area contributed by atoms with Crippen LogP contribution in [-0.2, 0) is 0 Å². The number of carbonyl (C=O) groups is 1. The Kier molecular flexibility index (Phi) is 3.75. The molecule has 19 heavy (non-hydrogen) atoms. The molecule has 1 N–H and O–H groups in total. The quantitative estimate of drug-likeness (QED) is 0.939. The van der Waals surface area contributed by atoms with Crippen LogP contribution in [0.3, 0.4) is 0 Å². The lowest BCUT2D eigenvalue weighted by atomic mass is 10.3. The summed E-state index contributed by atoms with van der Waals surface area (Å²) in [4.78, 5) is 14.6. The molecule has 0 radical (unpaired) electrons. The first kappa shape index (κ1) is 13.4. The molecule has 1 aromatic carbocycles. The van der Waals surface area contributed by atoms with Crippen molar-refractivity contribution in [1.82, 2.24) is 4.98 Å². The predicted molar refractivity (Wildman–Crippen MR) is 61.6 cm³/mol. The molecule has 0 unspecified atom stereocenters. The molecule has 0 amide bonds. The van der Waals surface area contributed by atoms with E-state index < -0.39 is 29.0 Å². The topological polar surface area (TPSA) is 50.2 Å². The Balaban J connectivity index is 2.35. The molecule has 0 atom stereocenters. The molecular formula is C12H6F3NO2S. The number of carboxylic acid groups (broad SMARTS) is 1. The van der Waals surface area contributed by atoms with Gasteiger partial charge in [-0.05, 0) is 24.3 Å². The van der Waals surface area contributed by atoms with Crippen molar-refractivity contribution in [2.75, 3.05) is 0 Å². The number of aromatic carboxylic acids is 1. The second-order valence-electron chi connectivity index (χ2n) is 3.46. The van der Waals surface area contributed by atoms with E-state index >= 15 is 0 Å². The summed E-state index contributed by atoms with van der Waals surface area (Å²) >= 11 is 0.713. The Bertz CT molecular complexity index is 649. The molecule has 0 aliphatic carbocycles. The predicted octanol–water partition coefficient (Wildman–Crippen LogP) is 3.35. The third-order valence-electron chi connectivity index (χ3n) is 2.19. The average molecular weight is 285 g/mol. The minimum absolute atomic E-state index is 0.216. The Morgan fingerprint density at radius 2 is 1.89 bits per heavy atom. The van der Waals surface area contributed by atoms with Gasteiger partial charge in [-0.25, -0.2) is 22.9 Å². The lowest BCUT2D eigenvalue weighted by Crippen LogP contribution is -2.02. The highest BCUT2D eigenvalue weighted by Gasteiger charge is 2.16. The molecule has 0 aliphatic heterocycles. The zero-order valence-corrected chi connectivity index (χ0v) is 10.0. The minimum atomic E-state index is -1.42. The number of aromatic nitrogens is 1. The van der Waals surface area contributed by atoms with Crippen molar-refractivity contribution in [2.45, 2.75) is 9.92 Å². The number of hydrogen-bond donors (Lipinski definition) is 1. The van der Waals surface area contributed by atoms with Gasteiger partial charge in [0, 0.05) is 11.1 Å². The smallest absolute Gasteiger partial charge is 0.338 e. The molecule has 2 rings (SSSR count). The molecular weight excluding hydrogens is 279 g/mol. The molecule has 0 saturated heterocycles. The standard InChI is InChI=1S/C12H6F3NO2S/c13-8-2-1-6(5-9(8)14)19-11-10(15)7(12(17)18)3-4-16-11/h1-5H,(H,17,18). The zero-order chi connectivity index (χ0) is 14.0. The van der Waals surface area contributed by atoms with Crippen molar-refractivity contribution in [2.24, 2.45) is 0 Å². The van der Waals surface area contributed by atoms with Gasteiger partial charge in [-0.1, -0.05) is 11.8 Å². The molecule has 0 saturated carbocycles. The second-order valence-corrected chi connectivity index (χ2v) is 4.52. The molecule has 0 bridgehead atoms. The van der Waals surface area contributed by atoms with Crippen LogP contribution in [0.4, 0.5) is 13.2 Å². The average Bonchev–Trinajstić information content (AvgIpc) is 2.36. The maximum atomic E-state index is 13.8. The summed E-state index contributed by atoms with van der Waals surface area (Å²) in [6, 6.07) is 4.05. The fourth-order valence-electron chi connectivity index (χ4n) is 1.31. The highest BCUT2D eigenvalue weighted by Crippen LogP contribution is 2.30. The summed E-state index contributed by atoms with van der Waals surface area (Å²) in [6.07, 6.45) is 1.13. The van der Waals surface area contributed by atoms with E-state index in [2.05, 4.69) is 4.98 Å². The number of nitrogens with zero attached hydrogens (tertiary/aromatic N) is 1. The summed E-state index contributed by atoms with van der Waals surface area (Å²) in [7, 11) is 0. The molecule has 1 heterocycles. The molecule has 98 valence electrons. The first-order valence-electron chi connectivity index (χ1n) is 4.99. The van der Waals surface area contributed by atoms with Gasteiger partial charge in [0.25, 0.3) is 0 Å². The van der Waals surface area contributed by atoms with E-state index in [0.717, 1.165) is 24.4 Å². The van der Waals surface area contributed by atoms with E-state index in [1.165, 1.54) is 6.07 Å². The van der Waals surface area contributed by atoms with Crippen LogP contribution in [0.5, 0.6) is 0 Å². The van der Waals surface area contributed by atoms with Gasteiger partial charge in [-0.2, -0.15) is 0 Å². The van der Waals surface area contributed by atoms with Crippen LogP contribution >= 0.6 is 11.8 Å². The van der Waals surface area contributed by atoms with Crippen molar-refractivity contribution >= 4 is 17.7 Å². The number of pyridine rings is 1. The summed E-state index contributed by atoms with van der Waals surface area (Å²) < 4.78 is 39.5. The number of carboxylic acids is 1. The SMILES string of the molecule is O=C(O)c1ccnc(Sc2ccc(F)c(F)c2)c1F. The van der Waals surface area contributed by atoms with Crippen LogP contribution in [0.15, 0.2) is 40.4 Å². The lowest BCUT2D eigenvalue weighted by molar-refractivity contribution is 0.0691. The molecule has 0 fully saturated rings. The van der Waals surface area contributed by atoms with Crippen LogP contribution in [0.1, 0.15) is 10.4 Å². The first-order chi connectivity index (χ1) is 8.99. The maximum absolute atomic E-state index is 13.8. The minimum Gasteiger partial charge on any atom is -0.478 e. The van der Waals surface area contributed by atoms with Crippen LogP contribution < -0.4 is 0 Å². The highest BCUT2D eigenvalue weighted by molar-refractivity contribution is 7.99. The Hall–Kier alpha value is -2.02. The van der Waals surface area contributed by atoms with E-state index in [1.54, 1.807) is 0 Å². The molecule has 3 nitrogen and oxygen atoms in total.